The highest BCUT2D eigenvalue weighted by molar-refractivity contribution is 7.98. The Labute approximate surface area is 216 Å². The molecule has 10 nitrogen and oxygen atoms in total. The second-order valence-electron chi connectivity index (χ2n) is 9.01. The van der Waals surface area contributed by atoms with Crippen LogP contribution in [-0.4, -0.2) is 83.0 Å². The maximum Gasteiger partial charge on any atom is 0.326 e. The smallest absolute Gasteiger partial charge is 0.326 e. The third kappa shape index (κ3) is 9.11. The van der Waals surface area contributed by atoms with Crippen LogP contribution in [0.5, 0.6) is 0 Å². The van der Waals surface area contributed by atoms with Gasteiger partial charge in [0.05, 0.1) is 6.04 Å². The fourth-order valence-electron chi connectivity index (χ4n) is 4.24. The van der Waals surface area contributed by atoms with Crippen LogP contribution < -0.4 is 22.1 Å². The van der Waals surface area contributed by atoms with Crippen molar-refractivity contribution >= 4 is 35.5 Å². The van der Waals surface area contributed by atoms with Gasteiger partial charge in [0.1, 0.15) is 18.1 Å². The van der Waals surface area contributed by atoms with Crippen molar-refractivity contribution in [2.45, 2.75) is 69.1 Å². The number of carbonyl (C=O) groups excluding carboxylic acids is 3. The summed E-state index contributed by atoms with van der Waals surface area (Å²) in [5.74, 6) is -1.86. The Hall–Kier alpha value is -2.63. The van der Waals surface area contributed by atoms with Gasteiger partial charge in [-0.05, 0) is 56.2 Å². The number of aliphatic carboxylic acids is 1. The van der Waals surface area contributed by atoms with Crippen molar-refractivity contribution in [3.05, 3.63) is 35.9 Å². The average Bonchev–Trinajstić information content (AvgIpc) is 3.36. The number of unbranched alkanes of at least 4 members (excludes halogenated alkanes) is 1. The molecule has 4 unspecified atom stereocenters. The predicted octanol–water partition coefficient (Wildman–Crippen LogP) is 0.484. The normalized spacial score (nSPS) is 17.8. The maximum absolute atomic E-state index is 13.3. The van der Waals surface area contributed by atoms with Crippen molar-refractivity contribution in [2.75, 3.05) is 25.1 Å². The number of nitrogens with two attached hydrogens (primary N) is 2. The number of amides is 3. The molecule has 1 aromatic rings. The highest BCUT2D eigenvalue weighted by Gasteiger charge is 2.37. The molecule has 3 amide bonds. The van der Waals surface area contributed by atoms with Gasteiger partial charge in [-0.1, -0.05) is 36.8 Å². The van der Waals surface area contributed by atoms with Crippen molar-refractivity contribution in [3.63, 3.8) is 0 Å². The van der Waals surface area contributed by atoms with Crippen LogP contribution in [0.25, 0.3) is 0 Å². The van der Waals surface area contributed by atoms with Crippen LogP contribution in [-0.2, 0) is 25.6 Å². The zero-order chi connectivity index (χ0) is 26.5. The summed E-state index contributed by atoms with van der Waals surface area (Å²) in [4.78, 5) is 52.5. The van der Waals surface area contributed by atoms with Crippen LogP contribution in [0.1, 0.15) is 44.1 Å². The van der Waals surface area contributed by atoms with E-state index in [-0.39, 0.29) is 18.7 Å². The van der Waals surface area contributed by atoms with Gasteiger partial charge in [-0.25, -0.2) is 4.79 Å². The summed E-state index contributed by atoms with van der Waals surface area (Å²) in [7, 11) is 0. The van der Waals surface area contributed by atoms with Crippen LogP contribution in [0, 0.1) is 0 Å². The molecule has 1 heterocycles. The van der Waals surface area contributed by atoms with E-state index in [0.29, 0.717) is 38.1 Å². The summed E-state index contributed by atoms with van der Waals surface area (Å²) in [5.41, 5.74) is 12.4. The second kappa shape index (κ2) is 15.5. The van der Waals surface area contributed by atoms with Gasteiger partial charge in [0, 0.05) is 13.0 Å². The molecule has 1 fully saturated rings. The number of thioether (sulfide) groups is 1. The highest BCUT2D eigenvalue weighted by Crippen LogP contribution is 2.20. The topological polar surface area (TPSA) is 168 Å². The summed E-state index contributed by atoms with van der Waals surface area (Å²) in [5, 5.41) is 14.9. The molecule has 2 rings (SSSR count). The number of likely N-dealkylation sites (tertiary alicyclic amines) is 1. The van der Waals surface area contributed by atoms with Gasteiger partial charge in [-0.15, -0.1) is 0 Å². The molecule has 0 spiro atoms. The summed E-state index contributed by atoms with van der Waals surface area (Å²) in [6, 6.07) is 5.68. The lowest BCUT2D eigenvalue weighted by Crippen LogP contribution is -2.57. The Balaban J connectivity index is 2.13. The summed E-state index contributed by atoms with van der Waals surface area (Å²) < 4.78 is 0. The quantitative estimate of drug-likeness (QED) is 0.208. The van der Waals surface area contributed by atoms with Gasteiger partial charge in [0.15, 0.2) is 0 Å². The molecule has 0 aliphatic carbocycles. The molecular formula is C25H39N5O5S. The van der Waals surface area contributed by atoms with E-state index >= 15 is 0 Å². The zero-order valence-electron chi connectivity index (χ0n) is 20.9. The first-order valence-electron chi connectivity index (χ1n) is 12.4. The Bertz CT molecular complexity index is 872. The lowest BCUT2D eigenvalue weighted by molar-refractivity contribution is -0.143. The minimum absolute atomic E-state index is 0.187. The van der Waals surface area contributed by atoms with E-state index in [0.717, 1.165) is 18.4 Å². The van der Waals surface area contributed by atoms with Gasteiger partial charge in [-0.3, -0.25) is 14.4 Å². The van der Waals surface area contributed by atoms with Gasteiger partial charge < -0.3 is 32.1 Å². The largest absolute Gasteiger partial charge is 0.480 e. The van der Waals surface area contributed by atoms with Crippen LogP contribution in [0.2, 0.25) is 0 Å². The van der Waals surface area contributed by atoms with Crippen molar-refractivity contribution < 1.29 is 24.3 Å². The molecule has 7 N–H and O–H groups in total. The molecule has 1 aromatic carbocycles. The van der Waals surface area contributed by atoms with Crippen molar-refractivity contribution in [1.82, 2.24) is 15.5 Å². The molecule has 11 heteroatoms. The first-order chi connectivity index (χ1) is 17.3. The van der Waals surface area contributed by atoms with Crippen LogP contribution in [0.4, 0.5) is 0 Å². The molecule has 1 aliphatic rings. The minimum Gasteiger partial charge on any atom is -0.480 e. The zero-order valence-corrected chi connectivity index (χ0v) is 21.7. The predicted molar refractivity (Wildman–Crippen MR) is 140 cm³/mol. The van der Waals surface area contributed by atoms with E-state index in [2.05, 4.69) is 10.6 Å². The number of nitrogens with one attached hydrogen (secondary N) is 2. The van der Waals surface area contributed by atoms with Crippen LogP contribution in [0.3, 0.4) is 0 Å². The molecule has 1 saturated heterocycles. The molecule has 200 valence electrons. The fraction of sp³-hybridized carbons (Fsp3) is 0.600. The number of hydrogen-bond acceptors (Lipinski definition) is 7. The van der Waals surface area contributed by atoms with Gasteiger partial charge in [-0.2, -0.15) is 11.8 Å². The molecule has 1 aliphatic heterocycles. The Morgan fingerprint density at radius 1 is 1.11 bits per heavy atom. The monoisotopic (exact) mass is 521 g/mol. The number of hydrogen-bond donors (Lipinski definition) is 5. The molecule has 0 bridgehead atoms. The minimum atomic E-state index is -1.13. The Morgan fingerprint density at radius 3 is 2.47 bits per heavy atom. The number of benzene rings is 1. The Kier molecular flexibility index (Phi) is 12.7. The third-order valence-corrected chi connectivity index (χ3v) is 6.91. The summed E-state index contributed by atoms with van der Waals surface area (Å²) in [6.45, 7) is 0.952. The number of nitrogens with zero attached hydrogens (tertiary/aromatic N) is 1. The lowest BCUT2D eigenvalue weighted by atomic mass is 10.0. The van der Waals surface area contributed by atoms with Crippen molar-refractivity contribution in [3.8, 4) is 0 Å². The van der Waals surface area contributed by atoms with E-state index < -0.39 is 42.0 Å². The second-order valence-corrected chi connectivity index (χ2v) is 10.00. The molecule has 4 atom stereocenters. The van der Waals surface area contributed by atoms with Gasteiger partial charge in [0.2, 0.25) is 17.7 Å². The number of carboxylic acid groups (broad SMARTS) is 1. The van der Waals surface area contributed by atoms with E-state index in [1.807, 2.05) is 36.6 Å². The molecular weight excluding hydrogens is 482 g/mol. The summed E-state index contributed by atoms with van der Waals surface area (Å²) >= 11 is 1.49. The number of carbonyl (C=O) groups is 4. The first-order valence-corrected chi connectivity index (χ1v) is 13.8. The average molecular weight is 522 g/mol. The number of rotatable bonds is 15. The van der Waals surface area contributed by atoms with Crippen molar-refractivity contribution in [1.29, 1.82) is 0 Å². The molecule has 0 aromatic heterocycles. The van der Waals surface area contributed by atoms with Gasteiger partial charge >= 0.3 is 5.97 Å². The maximum atomic E-state index is 13.3. The van der Waals surface area contributed by atoms with E-state index in [4.69, 9.17) is 11.5 Å². The van der Waals surface area contributed by atoms with E-state index in [9.17, 15) is 24.3 Å². The van der Waals surface area contributed by atoms with Crippen LogP contribution >= 0.6 is 11.8 Å². The third-order valence-electron chi connectivity index (χ3n) is 6.27. The van der Waals surface area contributed by atoms with Crippen molar-refractivity contribution in [2.24, 2.45) is 11.5 Å². The fourth-order valence-corrected chi connectivity index (χ4v) is 4.71. The summed E-state index contributed by atoms with van der Waals surface area (Å²) in [6.07, 6.45) is 5.44. The van der Waals surface area contributed by atoms with Crippen LogP contribution in [0.15, 0.2) is 30.3 Å². The lowest BCUT2D eigenvalue weighted by Gasteiger charge is -2.28. The SMILES string of the molecule is CSCCC(NC(=O)C(Cc1ccccc1)NC(=O)C1CCCN1C(=O)C(N)CCCCN)C(=O)O. The molecule has 36 heavy (non-hydrogen) atoms. The molecule has 0 saturated carbocycles. The molecule has 0 radical (unpaired) electrons. The Morgan fingerprint density at radius 2 is 1.83 bits per heavy atom. The first kappa shape index (κ1) is 29.6. The standard InChI is InChI=1S/C25H39N5O5S/c1-36-15-12-19(25(34)35)28-22(31)20(16-17-8-3-2-4-9-17)29-23(32)21-11-7-14-30(21)24(33)18(27)10-5-6-13-26/h2-4,8-9,18-21H,5-7,10-16,26-27H2,1H3,(H,28,31)(H,29,32)(H,34,35). The van der Waals surface area contributed by atoms with E-state index in [1.165, 1.54) is 16.7 Å². The highest BCUT2D eigenvalue weighted by atomic mass is 32.2. The number of carboxylic acids is 1. The van der Waals surface area contributed by atoms with Gasteiger partial charge in [0.25, 0.3) is 0 Å². The van der Waals surface area contributed by atoms with E-state index in [1.54, 1.807) is 0 Å².